The molecule has 9 heteroatoms. The van der Waals surface area contributed by atoms with Crippen molar-refractivity contribution < 1.29 is 28.6 Å². The highest BCUT2D eigenvalue weighted by molar-refractivity contribution is 5.95. The predicted octanol–water partition coefficient (Wildman–Crippen LogP) is 2.49. The Morgan fingerprint density at radius 2 is 1.55 bits per heavy atom. The van der Waals surface area contributed by atoms with Crippen LogP contribution in [0.4, 0.5) is 0 Å². The van der Waals surface area contributed by atoms with E-state index in [0.717, 1.165) is 5.56 Å². The molecule has 33 heavy (non-hydrogen) atoms. The topological polar surface area (TPSA) is 107 Å². The first kappa shape index (κ1) is 23.8. The molecule has 2 aromatic carbocycles. The van der Waals surface area contributed by atoms with E-state index in [1.807, 2.05) is 0 Å². The van der Waals surface area contributed by atoms with Crippen LogP contribution >= 0.6 is 0 Å². The van der Waals surface area contributed by atoms with Gasteiger partial charge in [-0.3, -0.25) is 9.59 Å². The van der Waals surface area contributed by atoms with Gasteiger partial charge in [-0.25, -0.2) is 10.2 Å². The molecule has 174 valence electrons. The number of esters is 1. The number of piperidine rings is 1. The fourth-order valence-electron chi connectivity index (χ4n) is 3.54. The third kappa shape index (κ3) is 6.09. The number of methoxy groups -OCH3 is 3. The number of benzene rings is 2. The summed E-state index contributed by atoms with van der Waals surface area (Å²) in [7, 11) is 4.39. The lowest BCUT2D eigenvalue weighted by Gasteiger charge is -2.31. The van der Waals surface area contributed by atoms with Crippen LogP contribution in [0.2, 0.25) is 0 Å². The number of carbonyl (C=O) groups excluding carboxylic acids is 3. The number of hydrazone groups is 1. The Kier molecular flexibility index (Phi) is 8.01. The number of rotatable bonds is 7. The van der Waals surface area contributed by atoms with Crippen LogP contribution < -0.4 is 14.9 Å². The van der Waals surface area contributed by atoms with E-state index in [2.05, 4.69) is 15.3 Å². The van der Waals surface area contributed by atoms with E-state index < -0.39 is 5.97 Å². The van der Waals surface area contributed by atoms with Crippen LogP contribution in [0.15, 0.2) is 47.6 Å². The second-order valence-electron chi connectivity index (χ2n) is 7.52. The first-order chi connectivity index (χ1) is 15.9. The van der Waals surface area contributed by atoms with Crippen molar-refractivity contribution in [1.29, 1.82) is 0 Å². The smallest absolute Gasteiger partial charge is 0.337 e. The summed E-state index contributed by atoms with van der Waals surface area (Å²) in [4.78, 5) is 38.5. The van der Waals surface area contributed by atoms with Crippen molar-refractivity contribution in [2.45, 2.75) is 12.8 Å². The lowest BCUT2D eigenvalue weighted by molar-refractivity contribution is -0.126. The Morgan fingerprint density at radius 3 is 2.09 bits per heavy atom. The number of carbonyl (C=O) groups is 3. The molecule has 2 amide bonds. The fourth-order valence-corrected chi connectivity index (χ4v) is 3.54. The van der Waals surface area contributed by atoms with Gasteiger partial charge in [0.1, 0.15) is 11.5 Å². The second-order valence-corrected chi connectivity index (χ2v) is 7.52. The van der Waals surface area contributed by atoms with Gasteiger partial charge in [0.2, 0.25) is 5.91 Å². The maximum Gasteiger partial charge on any atom is 0.337 e. The minimum Gasteiger partial charge on any atom is -0.497 e. The maximum absolute atomic E-state index is 12.9. The molecule has 0 bridgehead atoms. The molecule has 0 saturated carbocycles. The Morgan fingerprint density at radius 1 is 0.939 bits per heavy atom. The number of hydrogen-bond acceptors (Lipinski definition) is 7. The molecule has 0 radical (unpaired) electrons. The number of nitrogens with one attached hydrogen (secondary N) is 1. The molecule has 0 spiro atoms. The van der Waals surface area contributed by atoms with E-state index in [1.165, 1.54) is 27.5 Å². The van der Waals surface area contributed by atoms with Gasteiger partial charge in [-0.05, 0) is 42.7 Å². The summed E-state index contributed by atoms with van der Waals surface area (Å²) in [5, 5.41) is 4.00. The number of amides is 2. The zero-order valence-corrected chi connectivity index (χ0v) is 18.9. The minimum atomic E-state index is -0.415. The molecule has 0 unspecified atom stereocenters. The summed E-state index contributed by atoms with van der Waals surface area (Å²) in [6.45, 7) is 0.935. The predicted molar refractivity (Wildman–Crippen MR) is 122 cm³/mol. The largest absolute Gasteiger partial charge is 0.497 e. The maximum atomic E-state index is 12.9. The lowest BCUT2D eigenvalue weighted by Crippen LogP contribution is -2.42. The highest BCUT2D eigenvalue weighted by atomic mass is 16.5. The highest BCUT2D eigenvalue weighted by Crippen LogP contribution is 2.25. The van der Waals surface area contributed by atoms with E-state index in [1.54, 1.807) is 47.4 Å². The van der Waals surface area contributed by atoms with Crippen molar-refractivity contribution in [1.82, 2.24) is 10.3 Å². The molecular formula is C24H27N3O6. The van der Waals surface area contributed by atoms with Gasteiger partial charge in [0, 0.05) is 30.6 Å². The van der Waals surface area contributed by atoms with Crippen LogP contribution in [-0.4, -0.2) is 63.3 Å². The van der Waals surface area contributed by atoms with Gasteiger partial charge < -0.3 is 19.1 Å². The van der Waals surface area contributed by atoms with Crippen LogP contribution in [0.1, 0.15) is 39.1 Å². The summed E-state index contributed by atoms with van der Waals surface area (Å²) in [5.41, 5.74) is 4.21. The average molecular weight is 453 g/mol. The molecule has 1 saturated heterocycles. The molecule has 1 N–H and O–H groups in total. The number of nitrogens with zero attached hydrogens (tertiary/aromatic N) is 2. The van der Waals surface area contributed by atoms with Crippen molar-refractivity contribution >= 4 is 24.0 Å². The third-order valence-corrected chi connectivity index (χ3v) is 5.47. The van der Waals surface area contributed by atoms with E-state index >= 15 is 0 Å². The van der Waals surface area contributed by atoms with Gasteiger partial charge in [-0.1, -0.05) is 12.1 Å². The molecule has 1 aliphatic heterocycles. The van der Waals surface area contributed by atoms with Gasteiger partial charge in [-0.15, -0.1) is 0 Å². The quantitative estimate of drug-likeness (QED) is 0.392. The summed E-state index contributed by atoms with van der Waals surface area (Å²) >= 11 is 0. The molecule has 1 aliphatic rings. The summed E-state index contributed by atoms with van der Waals surface area (Å²) in [6, 6.07) is 11.7. The number of ether oxygens (including phenoxy) is 3. The van der Waals surface area contributed by atoms with Gasteiger partial charge in [-0.2, -0.15) is 5.10 Å². The molecule has 0 atom stereocenters. The van der Waals surface area contributed by atoms with Crippen LogP contribution in [0.25, 0.3) is 0 Å². The van der Waals surface area contributed by atoms with E-state index in [4.69, 9.17) is 9.47 Å². The third-order valence-electron chi connectivity index (χ3n) is 5.47. The minimum absolute atomic E-state index is 0.125. The fraction of sp³-hybridized carbons (Fsp3) is 0.333. The monoisotopic (exact) mass is 453 g/mol. The molecule has 0 aromatic heterocycles. The first-order valence-electron chi connectivity index (χ1n) is 10.5. The van der Waals surface area contributed by atoms with Crippen LogP contribution in [0, 0.1) is 5.92 Å². The van der Waals surface area contributed by atoms with Crippen LogP contribution in [0.5, 0.6) is 11.5 Å². The molecule has 1 fully saturated rings. The summed E-state index contributed by atoms with van der Waals surface area (Å²) in [6.07, 6.45) is 2.60. The number of likely N-dealkylation sites (tertiary alicyclic amines) is 1. The average Bonchev–Trinajstić information content (AvgIpc) is 2.87. The Labute approximate surface area is 192 Å². The Balaban J connectivity index is 1.51. The SMILES string of the molecule is COC(=O)c1ccc(C=NNC(=O)C2CCN(C(=O)c3cc(OC)cc(OC)c3)CC2)cc1. The summed E-state index contributed by atoms with van der Waals surface area (Å²) in [5.74, 6) is 0.136. The molecule has 0 aliphatic carbocycles. The Bertz CT molecular complexity index is 1000. The highest BCUT2D eigenvalue weighted by Gasteiger charge is 2.28. The molecule has 2 aromatic rings. The van der Waals surface area contributed by atoms with E-state index in [9.17, 15) is 14.4 Å². The van der Waals surface area contributed by atoms with E-state index in [0.29, 0.717) is 48.6 Å². The molecule has 1 heterocycles. The zero-order chi connectivity index (χ0) is 23.8. The molecular weight excluding hydrogens is 426 g/mol. The van der Waals surface area contributed by atoms with Gasteiger partial charge >= 0.3 is 5.97 Å². The second kappa shape index (κ2) is 11.1. The van der Waals surface area contributed by atoms with Gasteiger partial charge in [0.25, 0.3) is 5.91 Å². The van der Waals surface area contributed by atoms with Gasteiger partial charge in [0.15, 0.2) is 0 Å². The van der Waals surface area contributed by atoms with Crippen molar-refractivity contribution in [2.24, 2.45) is 11.0 Å². The van der Waals surface area contributed by atoms with E-state index in [-0.39, 0.29) is 17.7 Å². The van der Waals surface area contributed by atoms with Crippen molar-refractivity contribution in [2.75, 3.05) is 34.4 Å². The van der Waals surface area contributed by atoms with Crippen molar-refractivity contribution in [3.8, 4) is 11.5 Å². The number of hydrogen-bond donors (Lipinski definition) is 1. The first-order valence-corrected chi connectivity index (χ1v) is 10.5. The summed E-state index contributed by atoms with van der Waals surface area (Å²) < 4.78 is 15.1. The van der Waals surface area contributed by atoms with Crippen LogP contribution in [-0.2, 0) is 9.53 Å². The van der Waals surface area contributed by atoms with Gasteiger partial charge in [0.05, 0.1) is 33.1 Å². The van der Waals surface area contributed by atoms with Crippen molar-refractivity contribution in [3.05, 3.63) is 59.2 Å². The zero-order valence-electron chi connectivity index (χ0n) is 18.9. The normalized spacial score (nSPS) is 14.1. The molecule has 9 nitrogen and oxygen atoms in total. The van der Waals surface area contributed by atoms with Crippen molar-refractivity contribution in [3.63, 3.8) is 0 Å². The van der Waals surface area contributed by atoms with Crippen LogP contribution in [0.3, 0.4) is 0 Å². The molecule has 3 rings (SSSR count). The Hall–Kier alpha value is -3.88. The lowest BCUT2D eigenvalue weighted by atomic mass is 9.95. The standard InChI is InChI=1S/C24H27N3O6/c1-31-20-12-19(13-21(14-20)32-2)23(29)27-10-8-17(9-11-27)22(28)26-25-15-16-4-6-18(7-5-16)24(30)33-3/h4-7,12-15,17H,8-11H2,1-3H3,(H,26,28).